The summed E-state index contributed by atoms with van der Waals surface area (Å²) >= 11 is 0. The first-order chi connectivity index (χ1) is 9.01. The van der Waals surface area contributed by atoms with Gasteiger partial charge >= 0.3 is 0 Å². The molecule has 1 aromatic rings. The summed E-state index contributed by atoms with van der Waals surface area (Å²) in [6.07, 6.45) is 3.65. The van der Waals surface area contributed by atoms with Crippen LogP contribution in [-0.4, -0.2) is 42.7 Å². The lowest BCUT2D eigenvalue weighted by Crippen LogP contribution is -2.51. The molecule has 0 spiro atoms. The molecule has 0 aliphatic heterocycles. The second-order valence-electron chi connectivity index (χ2n) is 5.21. The molecule has 1 heterocycles. The lowest BCUT2D eigenvalue weighted by Gasteiger charge is -2.43. The van der Waals surface area contributed by atoms with Gasteiger partial charge in [-0.2, -0.15) is 0 Å². The number of methoxy groups -OCH3 is 1. The van der Waals surface area contributed by atoms with Crippen molar-refractivity contribution in [2.75, 3.05) is 27.2 Å². The van der Waals surface area contributed by atoms with E-state index in [1.165, 1.54) is 0 Å². The van der Waals surface area contributed by atoms with Gasteiger partial charge in [0, 0.05) is 11.7 Å². The van der Waals surface area contributed by atoms with Crippen molar-refractivity contribution in [1.82, 2.24) is 15.2 Å². The zero-order valence-corrected chi connectivity index (χ0v) is 13.0. The summed E-state index contributed by atoms with van der Waals surface area (Å²) in [5.74, 6) is 0.799. The molecule has 0 fully saturated rings. The molecule has 0 aliphatic carbocycles. The Bertz CT molecular complexity index is 389. The van der Waals surface area contributed by atoms with Gasteiger partial charge in [0.05, 0.1) is 19.3 Å². The van der Waals surface area contributed by atoms with Gasteiger partial charge in [0.1, 0.15) is 5.75 Å². The molecule has 1 unspecified atom stereocenters. The largest absolute Gasteiger partial charge is 0.495 e. The third-order valence-corrected chi connectivity index (χ3v) is 3.88. The molecule has 1 N–H and O–H groups in total. The van der Waals surface area contributed by atoms with Gasteiger partial charge in [-0.05, 0) is 45.6 Å². The summed E-state index contributed by atoms with van der Waals surface area (Å²) < 4.78 is 5.27. The highest BCUT2D eigenvalue weighted by Gasteiger charge is 2.34. The predicted molar refractivity (Wildman–Crippen MR) is 79.6 cm³/mol. The number of ether oxygens (including phenoxy) is 1. The van der Waals surface area contributed by atoms with Crippen molar-refractivity contribution in [2.24, 2.45) is 0 Å². The van der Waals surface area contributed by atoms with Crippen LogP contribution in [0.4, 0.5) is 0 Å². The quantitative estimate of drug-likeness (QED) is 0.822. The van der Waals surface area contributed by atoms with Crippen LogP contribution in [0.15, 0.2) is 18.5 Å². The Morgan fingerprint density at radius 1 is 1.32 bits per heavy atom. The van der Waals surface area contributed by atoms with Crippen LogP contribution in [0.5, 0.6) is 5.75 Å². The van der Waals surface area contributed by atoms with Crippen LogP contribution >= 0.6 is 0 Å². The van der Waals surface area contributed by atoms with Crippen LogP contribution in [0.1, 0.15) is 39.3 Å². The molecule has 1 atom stereocenters. The summed E-state index contributed by atoms with van der Waals surface area (Å²) in [7, 11) is 3.67. The summed E-state index contributed by atoms with van der Waals surface area (Å²) in [6, 6.07) is 2.26. The van der Waals surface area contributed by atoms with E-state index in [1.807, 2.05) is 13.2 Å². The number of rotatable bonds is 7. The van der Waals surface area contributed by atoms with Crippen molar-refractivity contribution in [2.45, 2.75) is 39.3 Å². The van der Waals surface area contributed by atoms with E-state index in [1.54, 1.807) is 13.3 Å². The first-order valence-electron chi connectivity index (χ1n) is 6.92. The van der Waals surface area contributed by atoms with Gasteiger partial charge in [-0.25, -0.2) is 0 Å². The molecule has 19 heavy (non-hydrogen) atoms. The summed E-state index contributed by atoms with van der Waals surface area (Å²) in [4.78, 5) is 6.72. The Hall–Kier alpha value is -1.13. The minimum Gasteiger partial charge on any atom is -0.495 e. The molecule has 0 saturated carbocycles. The molecule has 1 aromatic heterocycles. The van der Waals surface area contributed by atoms with Gasteiger partial charge in [-0.1, -0.05) is 13.8 Å². The summed E-state index contributed by atoms with van der Waals surface area (Å²) in [5, 5.41) is 3.42. The zero-order valence-electron chi connectivity index (χ0n) is 13.0. The second kappa shape index (κ2) is 6.87. The van der Waals surface area contributed by atoms with E-state index in [-0.39, 0.29) is 11.6 Å². The normalized spacial score (nSPS) is 13.6. The van der Waals surface area contributed by atoms with Gasteiger partial charge in [-0.3, -0.25) is 9.88 Å². The number of likely N-dealkylation sites (N-methyl/N-ethyl adjacent to an activating group) is 2. The molecule has 108 valence electrons. The number of pyridine rings is 1. The maximum Gasteiger partial charge on any atom is 0.137 e. The minimum atomic E-state index is 0.00624. The average Bonchev–Trinajstić information content (AvgIpc) is 2.40. The monoisotopic (exact) mass is 265 g/mol. The third kappa shape index (κ3) is 3.45. The Labute approximate surface area is 117 Å². The minimum absolute atomic E-state index is 0.00624. The fourth-order valence-corrected chi connectivity index (χ4v) is 2.85. The fourth-order valence-electron chi connectivity index (χ4n) is 2.85. The highest BCUT2D eigenvalue weighted by Crippen LogP contribution is 2.31. The van der Waals surface area contributed by atoms with E-state index in [0.717, 1.165) is 24.4 Å². The lowest BCUT2D eigenvalue weighted by atomic mass is 9.87. The van der Waals surface area contributed by atoms with E-state index in [0.29, 0.717) is 0 Å². The standard InChI is InChI=1S/C15H27N3O/c1-7-18(8-2)15(3,4)14(16-5)12-9-13(19-6)11-17-10-12/h9-11,14,16H,7-8H2,1-6H3. The van der Waals surface area contributed by atoms with E-state index in [4.69, 9.17) is 4.74 Å². The van der Waals surface area contributed by atoms with E-state index < -0.39 is 0 Å². The Kier molecular flexibility index (Phi) is 5.76. The smallest absolute Gasteiger partial charge is 0.137 e. The van der Waals surface area contributed by atoms with Crippen LogP contribution in [0.3, 0.4) is 0 Å². The molecular formula is C15H27N3O. The van der Waals surface area contributed by atoms with Crippen molar-refractivity contribution >= 4 is 0 Å². The third-order valence-electron chi connectivity index (χ3n) is 3.88. The van der Waals surface area contributed by atoms with Crippen molar-refractivity contribution in [3.63, 3.8) is 0 Å². The van der Waals surface area contributed by atoms with Crippen molar-refractivity contribution in [3.8, 4) is 5.75 Å². The molecule has 1 rings (SSSR count). The molecule has 0 radical (unpaired) electrons. The number of hydrogen-bond acceptors (Lipinski definition) is 4. The zero-order chi connectivity index (χ0) is 14.5. The number of hydrogen-bond donors (Lipinski definition) is 1. The van der Waals surface area contributed by atoms with E-state index in [2.05, 4.69) is 49.0 Å². The van der Waals surface area contributed by atoms with Crippen LogP contribution < -0.4 is 10.1 Å². The van der Waals surface area contributed by atoms with Crippen molar-refractivity contribution in [1.29, 1.82) is 0 Å². The summed E-state index contributed by atoms with van der Waals surface area (Å²) in [6.45, 7) is 11.0. The van der Waals surface area contributed by atoms with E-state index in [9.17, 15) is 0 Å². The number of nitrogens with one attached hydrogen (secondary N) is 1. The fraction of sp³-hybridized carbons (Fsp3) is 0.667. The highest BCUT2D eigenvalue weighted by molar-refractivity contribution is 5.28. The van der Waals surface area contributed by atoms with Crippen LogP contribution in [0.25, 0.3) is 0 Å². The lowest BCUT2D eigenvalue weighted by molar-refractivity contribution is 0.0942. The highest BCUT2D eigenvalue weighted by atomic mass is 16.5. The average molecular weight is 265 g/mol. The van der Waals surface area contributed by atoms with Gasteiger partial charge in [0.25, 0.3) is 0 Å². The number of aromatic nitrogens is 1. The SMILES string of the molecule is CCN(CC)C(C)(C)C(NC)c1cncc(OC)c1. The Balaban J connectivity index is 3.10. The van der Waals surface area contributed by atoms with Crippen molar-refractivity contribution < 1.29 is 4.74 Å². The molecule has 0 aromatic carbocycles. The first-order valence-corrected chi connectivity index (χ1v) is 6.92. The van der Waals surface area contributed by atoms with Crippen molar-refractivity contribution in [3.05, 3.63) is 24.0 Å². The van der Waals surface area contributed by atoms with E-state index >= 15 is 0 Å². The molecule has 0 saturated heterocycles. The first kappa shape index (κ1) is 15.9. The van der Waals surface area contributed by atoms with Crippen LogP contribution in [-0.2, 0) is 0 Å². The molecule has 4 nitrogen and oxygen atoms in total. The van der Waals surface area contributed by atoms with Gasteiger partial charge in [-0.15, -0.1) is 0 Å². The number of nitrogens with zero attached hydrogens (tertiary/aromatic N) is 2. The van der Waals surface area contributed by atoms with Crippen LogP contribution in [0, 0.1) is 0 Å². The van der Waals surface area contributed by atoms with Gasteiger partial charge in [0.2, 0.25) is 0 Å². The van der Waals surface area contributed by atoms with Gasteiger partial charge in [0.15, 0.2) is 0 Å². The Morgan fingerprint density at radius 2 is 1.95 bits per heavy atom. The second-order valence-corrected chi connectivity index (χ2v) is 5.21. The maximum atomic E-state index is 5.27. The molecule has 0 aliphatic rings. The van der Waals surface area contributed by atoms with Gasteiger partial charge < -0.3 is 10.1 Å². The molecule has 4 heteroatoms. The Morgan fingerprint density at radius 3 is 2.42 bits per heavy atom. The molecule has 0 bridgehead atoms. The molecule has 0 amide bonds. The molecular weight excluding hydrogens is 238 g/mol. The predicted octanol–water partition coefficient (Wildman–Crippen LogP) is 2.47. The topological polar surface area (TPSA) is 37.4 Å². The maximum absolute atomic E-state index is 5.27. The van der Waals surface area contributed by atoms with Crippen LogP contribution in [0.2, 0.25) is 0 Å². The summed E-state index contributed by atoms with van der Waals surface area (Å²) in [5.41, 5.74) is 1.16.